The molecule has 1 atom stereocenters. The molecular weight excluding hydrogens is 280 g/mol. The SMILES string of the molecule is CCC(O)C[N+]1(/N=C(\[O-])c2ccc(OC)cc2)CCCCC1. The van der Waals surface area contributed by atoms with E-state index in [1.807, 2.05) is 6.92 Å². The molecule has 0 aliphatic carbocycles. The van der Waals surface area contributed by atoms with Gasteiger partial charge in [-0.15, -0.1) is 0 Å². The number of hydrogen-bond acceptors (Lipinski definition) is 4. The second kappa shape index (κ2) is 7.61. The van der Waals surface area contributed by atoms with Gasteiger partial charge >= 0.3 is 0 Å². The van der Waals surface area contributed by atoms with Gasteiger partial charge in [-0.2, -0.15) is 4.59 Å². The fourth-order valence-electron chi connectivity index (χ4n) is 2.93. The number of piperidine rings is 1. The van der Waals surface area contributed by atoms with E-state index in [2.05, 4.69) is 5.10 Å². The summed E-state index contributed by atoms with van der Waals surface area (Å²) in [5.74, 6) is 0.507. The van der Waals surface area contributed by atoms with Crippen molar-refractivity contribution in [2.75, 3.05) is 26.7 Å². The number of benzene rings is 1. The molecule has 0 radical (unpaired) electrons. The number of rotatable bonds is 6. The third-order valence-corrected chi connectivity index (χ3v) is 4.31. The van der Waals surface area contributed by atoms with Gasteiger partial charge in [0.1, 0.15) is 31.5 Å². The molecule has 0 aromatic heterocycles. The lowest BCUT2D eigenvalue weighted by atomic mass is 10.1. The maximum atomic E-state index is 12.5. The average Bonchev–Trinajstić information content (AvgIpc) is 2.55. The molecule has 1 fully saturated rings. The van der Waals surface area contributed by atoms with E-state index in [9.17, 15) is 10.2 Å². The van der Waals surface area contributed by atoms with Crippen LogP contribution in [0.25, 0.3) is 0 Å². The summed E-state index contributed by atoms with van der Waals surface area (Å²) in [7, 11) is 1.60. The van der Waals surface area contributed by atoms with Crippen LogP contribution in [0.5, 0.6) is 5.75 Å². The van der Waals surface area contributed by atoms with Crippen molar-refractivity contribution >= 4 is 5.90 Å². The Labute approximate surface area is 132 Å². The van der Waals surface area contributed by atoms with Crippen LogP contribution in [0.15, 0.2) is 29.4 Å². The zero-order valence-corrected chi connectivity index (χ0v) is 13.5. The van der Waals surface area contributed by atoms with Crippen molar-refractivity contribution in [2.45, 2.75) is 38.7 Å². The maximum Gasteiger partial charge on any atom is 0.129 e. The van der Waals surface area contributed by atoms with Gasteiger partial charge in [0.2, 0.25) is 0 Å². The number of quaternary nitrogens is 1. The highest BCUT2D eigenvalue weighted by Gasteiger charge is 2.32. The summed E-state index contributed by atoms with van der Waals surface area (Å²) in [5, 5.41) is 27.0. The minimum atomic E-state index is -0.412. The predicted octanol–water partition coefficient (Wildman–Crippen LogP) is 1.49. The van der Waals surface area contributed by atoms with Gasteiger partial charge in [0, 0.05) is 0 Å². The lowest BCUT2D eigenvalue weighted by Gasteiger charge is -2.38. The Morgan fingerprint density at radius 1 is 1.27 bits per heavy atom. The molecule has 5 nitrogen and oxygen atoms in total. The van der Waals surface area contributed by atoms with Crippen molar-refractivity contribution < 1.29 is 19.5 Å². The van der Waals surface area contributed by atoms with Crippen LogP contribution in [-0.2, 0) is 0 Å². The number of hydrogen-bond donors (Lipinski definition) is 1. The molecular formula is C17H26N2O3. The number of aliphatic hydroxyl groups is 1. The molecule has 1 aliphatic rings. The largest absolute Gasteiger partial charge is 0.855 e. The molecule has 1 aromatic carbocycles. The van der Waals surface area contributed by atoms with E-state index in [-0.39, 0.29) is 5.90 Å². The Hall–Kier alpha value is -1.59. The minimum Gasteiger partial charge on any atom is -0.855 e. The average molecular weight is 306 g/mol. The second-order valence-corrected chi connectivity index (χ2v) is 5.98. The third kappa shape index (κ3) is 4.21. The summed E-state index contributed by atoms with van der Waals surface area (Å²) in [6, 6.07) is 7.01. The molecule has 1 aliphatic heterocycles. The van der Waals surface area contributed by atoms with Crippen LogP contribution in [0.2, 0.25) is 0 Å². The molecule has 0 saturated carbocycles. The van der Waals surface area contributed by atoms with E-state index in [1.165, 1.54) is 6.42 Å². The summed E-state index contributed by atoms with van der Waals surface area (Å²) >= 11 is 0. The molecule has 22 heavy (non-hydrogen) atoms. The molecule has 5 heteroatoms. The van der Waals surface area contributed by atoms with E-state index >= 15 is 0 Å². The van der Waals surface area contributed by atoms with Crippen LogP contribution in [0.3, 0.4) is 0 Å². The molecule has 1 N–H and O–H groups in total. The lowest BCUT2D eigenvalue weighted by Crippen LogP contribution is -2.52. The van der Waals surface area contributed by atoms with Crippen LogP contribution in [0.1, 0.15) is 38.2 Å². The van der Waals surface area contributed by atoms with E-state index in [4.69, 9.17) is 4.74 Å². The van der Waals surface area contributed by atoms with Crippen molar-refractivity contribution in [3.63, 3.8) is 0 Å². The normalized spacial score (nSPS) is 19.7. The highest BCUT2D eigenvalue weighted by Crippen LogP contribution is 2.22. The van der Waals surface area contributed by atoms with Gasteiger partial charge in [0.15, 0.2) is 0 Å². The molecule has 0 amide bonds. The number of ether oxygens (including phenoxy) is 1. The van der Waals surface area contributed by atoms with Gasteiger partial charge in [0.25, 0.3) is 0 Å². The highest BCUT2D eigenvalue weighted by atomic mass is 16.5. The van der Waals surface area contributed by atoms with Crippen LogP contribution in [0, 0.1) is 0 Å². The first kappa shape index (κ1) is 16.8. The van der Waals surface area contributed by atoms with Crippen molar-refractivity contribution in [1.29, 1.82) is 0 Å². The third-order valence-electron chi connectivity index (χ3n) is 4.31. The summed E-state index contributed by atoms with van der Waals surface area (Å²) < 4.78 is 5.47. The molecule has 0 bridgehead atoms. The van der Waals surface area contributed by atoms with Crippen LogP contribution in [-0.4, -0.2) is 48.4 Å². The Kier molecular flexibility index (Phi) is 5.80. The van der Waals surface area contributed by atoms with Gasteiger partial charge < -0.3 is 14.9 Å². The van der Waals surface area contributed by atoms with Crippen molar-refractivity contribution in [1.82, 2.24) is 0 Å². The number of methoxy groups -OCH3 is 1. The Bertz CT molecular complexity index is 493. The van der Waals surface area contributed by atoms with E-state index in [0.29, 0.717) is 23.1 Å². The molecule has 1 aromatic rings. The molecule has 0 spiro atoms. The van der Waals surface area contributed by atoms with Gasteiger partial charge in [0.05, 0.1) is 13.0 Å². The lowest BCUT2D eigenvalue weighted by molar-refractivity contribution is -0.942. The molecule has 2 rings (SSSR count). The first-order valence-electron chi connectivity index (χ1n) is 8.04. The van der Waals surface area contributed by atoms with Crippen molar-refractivity contribution in [2.24, 2.45) is 5.10 Å². The van der Waals surface area contributed by atoms with Crippen LogP contribution in [0.4, 0.5) is 0 Å². The number of aliphatic hydroxyl groups excluding tert-OH is 1. The summed E-state index contributed by atoms with van der Waals surface area (Å²) in [5.41, 5.74) is 0.565. The summed E-state index contributed by atoms with van der Waals surface area (Å²) in [6.45, 7) is 4.15. The van der Waals surface area contributed by atoms with Gasteiger partial charge in [-0.1, -0.05) is 24.2 Å². The van der Waals surface area contributed by atoms with Crippen molar-refractivity contribution in [3.8, 4) is 5.75 Å². The smallest absolute Gasteiger partial charge is 0.129 e. The highest BCUT2D eigenvalue weighted by molar-refractivity contribution is 5.90. The number of nitrogens with zero attached hydrogens (tertiary/aromatic N) is 2. The molecule has 122 valence electrons. The summed E-state index contributed by atoms with van der Waals surface area (Å²) in [4.78, 5) is 0. The van der Waals surface area contributed by atoms with E-state index in [0.717, 1.165) is 31.7 Å². The monoisotopic (exact) mass is 306 g/mol. The zero-order valence-electron chi connectivity index (χ0n) is 13.5. The number of likely N-dealkylation sites (tertiary alicyclic amines) is 1. The maximum absolute atomic E-state index is 12.5. The first-order chi connectivity index (χ1) is 10.6. The Morgan fingerprint density at radius 3 is 2.45 bits per heavy atom. The topological polar surface area (TPSA) is 64.9 Å². The zero-order chi connectivity index (χ0) is 16.0. The van der Waals surface area contributed by atoms with Crippen molar-refractivity contribution in [3.05, 3.63) is 29.8 Å². The Balaban J connectivity index is 2.22. The van der Waals surface area contributed by atoms with E-state index in [1.54, 1.807) is 31.4 Å². The Morgan fingerprint density at radius 2 is 1.91 bits per heavy atom. The van der Waals surface area contributed by atoms with Gasteiger partial charge in [-0.3, -0.25) is 0 Å². The first-order valence-corrected chi connectivity index (χ1v) is 8.04. The van der Waals surface area contributed by atoms with Gasteiger partial charge in [-0.05, 0) is 43.4 Å². The van der Waals surface area contributed by atoms with E-state index < -0.39 is 6.10 Å². The fourth-order valence-corrected chi connectivity index (χ4v) is 2.93. The van der Waals surface area contributed by atoms with Crippen LogP contribution < -0.4 is 9.84 Å². The minimum absolute atomic E-state index is 0.215. The summed E-state index contributed by atoms with van der Waals surface area (Å²) in [6.07, 6.45) is 3.55. The van der Waals surface area contributed by atoms with Crippen LogP contribution >= 0.6 is 0 Å². The molecule has 1 unspecified atom stereocenters. The second-order valence-electron chi connectivity index (χ2n) is 5.98. The predicted molar refractivity (Wildman–Crippen MR) is 84.5 cm³/mol. The quantitative estimate of drug-likeness (QED) is 0.492. The molecule has 1 heterocycles. The van der Waals surface area contributed by atoms with Gasteiger partial charge in [-0.25, -0.2) is 0 Å². The standard InChI is InChI=1S/C17H26N2O3/c1-3-15(20)13-19(11-5-4-6-12-19)18-17(21)14-7-9-16(22-2)10-8-14/h7-10,15,20H,3-6,11-13H2,1-2H3. The fraction of sp³-hybridized carbons (Fsp3) is 0.588. The molecule has 1 saturated heterocycles.